The molecule has 0 spiro atoms. The van der Waals surface area contributed by atoms with Gasteiger partial charge in [0.15, 0.2) is 0 Å². The molecule has 146 valence electrons. The SMILES string of the molecule is CCN(CC)c1ccc(NC(=O)c2cc3cccnc3n(CC)c2=O)c(C)c1. The summed E-state index contributed by atoms with van der Waals surface area (Å²) >= 11 is 0. The third kappa shape index (κ3) is 3.63. The van der Waals surface area contributed by atoms with Crippen LogP contribution in [0.5, 0.6) is 0 Å². The van der Waals surface area contributed by atoms with Crippen LogP contribution in [0.3, 0.4) is 0 Å². The average molecular weight is 378 g/mol. The van der Waals surface area contributed by atoms with E-state index in [9.17, 15) is 9.59 Å². The van der Waals surface area contributed by atoms with E-state index in [1.165, 1.54) is 4.57 Å². The molecule has 0 aliphatic rings. The minimum Gasteiger partial charge on any atom is -0.372 e. The summed E-state index contributed by atoms with van der Waals surface area (Å²) in [5.41, 5.74) is 3.15. The van der Waals surface area contributed by atoms with Gasteiger partial charge < -0.3 is 10.2 Å². The number of anilines is 2. The Morgan fingerprint density at radius 1 is 1.14 bits per heavy atom. The molecule has 1 aromatic carbocycles. The first-order valence-corrected chi connectivity index (χ1v) is 9.65. The summed E-state index contributed by atoms with van der Waals surface area (Å²) < 4.78 is 1.53. The van der Waals surface area contributed by atoms with Gasteiger partial charge in [0.2, 0.25) is 0 Å². The topological polar surface area (TPSA) is 67.2 Å². The standard InChI is InChI=1S/C22H26N4O2/c1-5-25(6-2)17-10-11-19(15(4)13-17)24-21(27)18-14-16-9-8-12-23-20(16)26(7-3)22(18)28/h8-14H,5-7H2,1-4H3,(H,24,27). The number of carbonyl (C=O) groups is 1. The first kappa shape index (κ1) is 19.6. The van der Waals surface area contributed by atoms with Gasteiger partial charge in [-0.25, -0.2) is 4.98 Å². The lowest BCUT2D eigenvalue weighted by atomic mass is 10.1. The van der Waals surface area contributed by atoms with Gasteiger partial charge in [-0.2, -0.15) is 0 Å². The number of aryl methyl sites for hydroxylation is 2. The second-order valence-corrected chi connectivity index (χ2v) is 6.65. The second-order valence-electron chi connectivity index (χ2n) is 6.65. The van der Waals surface area contributed by atoms with Gasteiger partial charge in [0, 0.05) is 42.6 Å². The van der Waals surface area contributed by atoms with Crippen molar-refractivity contribution in [3.63, 3.8) is 0 Å². The largest absolute Gasteiger partial charge is 0.372 e. The molecule has 0 aliphatic heterocycles. The Labute approximate surface area is 164 Å². The van der Waals surface area contributed by atoms with Gasteiger partial charge in [0.1, 0.15) is 11.2 Å². The molecule has 1 amide bonds. The van der Waals surface area contributed by atoms with Gasteiger partial charge >= 0.3 is 0 Å². The Morgan fingerprint density at radius 2 is 1.89 bits per heavy atom. The molecule has 0 bridgehead atoms. The van der Waals surface area contributed by atoms with Gasteiger partial charge in [-0.05, 0) is 69.7 Å². The summed E-state index contributed by atoms with van der Waals surface area (Å²) in [6, 6.07) is 11.2. The van der Waals surface area contributed by atoms with Crippen LogP contribution in [0.1, 0.15) is 36.7 Å². The maximum absolute atomic E-state index is 12.9. The summed E-state index contributed by atoms with van der Waals surface area (Å²) in [5, 5.41) is 3.66. The molecule has 6 nitrogen and oxygen atoms in total. The molecular weight excluding hydrogens is 352 g/mol. The van der Waals surface area contributed by atoms with Crippen LogP contribution < -0.4 is 15.8 Å². The third-order valence-electron chi connectivity index (χ3n) is 5.00. The molecule has 0 radical (unpaired) electrons. The van der Waals surface area contributed by atoms with Crippen molar-refractivity contribution in [1.82, 2.24) is 9.55 Å². The number of hydrogen-bond acceptors (Lipinski definition) is 4. The fourth-order valence-corrected chi connectivity index (χ4v) is 3.43. The first-order chi connectivity index (χ1) is 13.5. The van der Waals surface area contributed by atoms with Crippen molar-refractivity contribution in [1.29, 1.82) is 0 Å². The fraction of sp³-hybridized carbons (Fsp3) is 0.318. The zero-order chi connectivity index (χ0) is 20.3. The second kappa shape index (κ2) is 8.25. The van der Waals surface area contributed by atoms with Crippen molar-refractivity contribution in [2.45, 2.75) is 34.2 Å². The molecule has 0 fully saturated rings. The molecule has 2 aromatic heterocycles. The van der Waals surface area contributed by atoms with Crippen molar-refractivity contribution in [3.05, 3.63) is 64.1 Å². The number of fused-ring (bicyclic) bond motifs is 1. The number of carbonyl (C=O) groups excluding carboxylic acids is 1. The minimum absolute atomic E-state index is 0.120. The number of aromatic nitrogens is 2. The smallest absolute Gasteiger partial charge is 0.265 e. The zero-order valence-electron chi connectivity index (χ0n) is 16.8. The van der Waals surface area contributed by atoms with Crippen molar-refractivity contribution in [2.24, 2.45) is 0 Å². The van der Waals surface area contributed by atoms with Crippen LogP contribution in [0.4, 0.5) is 11.4 Å². The maximum atomic E-state index is 12.9. The molecular formula is C22H26N4O2. The van der Waals surface area contributed by atoms with Crippen LogP contribution >= 0.6 is 0 Å². The third-order valence-corrected chi connectivity index (χ3v) is 5.00. The summed E-state index contributed by atoms with van der Waals surface area (Å²) in [4.78, 5) is 32.2. The van der Waals surface area contributed by atoms with Gasteiger partial charge in [0.25, 0.3) is 11.5 Å². The van der Waals surface area contributed by atoms with E-state index in [1.54, 1.807) is 18.3 Å². The van der Waals surface area contributed by atoms with E-state index in [2.05, 4.69) is 35.1 Å². The predicted octanol–water partition coefficient (Wildman–Crippen LogP) is 3.82. The predicted molar refractivity (Wildman–Crippen MR) is 114 cm³/mol. The minimum atomic E-state index is -0.406. The number of hydrogen-bond donors (Lipinski definition) is 1. The van der Waals surface area contributed by atoms with Gasteiger partial charge in [-0.3, -0.25) is 14.2 Å². The van der Waals surface area contributed by atoms with Gasteiger partial charge in [-0.1, -0.05) is 0 Å². The highest BCUT2D eigenvalue weighted by Crippen LogP contribution is 2.23. The summed E-state index contributed by atoms with van der Waals surface area (Å²) in [6.07, 6.45) is 1.65. The van der Waals surface area contributed by atoms with Crippen LogP contribution in [0, 0.1) is 6.92 Å². The van der Waals surface area contributed by atoms with Gasteiger partial charge in [0.05, 0.1) is 0 Å². The molecule has 0 unspecified atom stereocenters. The Hall–Kier alpha value is -3.15. The monoisotopic (exact) mass is 378 g/mol. The highest BCUT2D eigenvalue weighted by Gasteiger charge is 2.17. The molecule has 0 aliphatic carbocycles. The van der Waals surface area contributed by atoms with E-state index < -0.39 is 5.91 Å². The normalized spacial score (nSPS) is 10.9. The Bertz CT molecular complexity index is 1070. The van der Waals surface area contributed by atoms with E-state index in [1.807, 2.05) is 32.0 Å². The van der Waals surface area contributed by atoms with Crippen LogP contribution in [-0.4, -0.2) is 28.5 Å². The van der Waals surface area contributed by atoms with E-state index in [0.29, 0.717) is 17.9 Å². The van der Waals surface area contributed by atoms with Crippen molar-refractivity contribution >= 4 is 28.3 Å². The molecule has 3 rings (SSSR count). The Morgan fingerprint density at radius 3 is 2.54 bits per heavy atom. The van der Waals surface area contributed by atoms with Crippen LogP contribution in [-0.2, 0) is 6.54 Å². The summed E-state index contributed by atoms with van der Waals surface area (Å²) in [5.74, 6) is -0.406. The van der Waals surface area contributed by atoms with Crippen molar-refractivity contribution in [3.8, 4) is 0 Å². The molecule has 0 saturated heterocycles. The van der Waals surface area contributed by atoms with E-state index in [4.69, 9.17) is 0 Å². The zero-order valence-corrected chi connectivity index (χ0v) is 16.8. The number of benzene rings is 1. The number of rotatable bonds is 6. The lowest BCUT2D eigenvalue weighted by molar-refractivity contribution is 0.102. The average Bonchev–Trinajstić information content (AvgIpc) is 2.70. The van der Waals surface area contributed by atoms with E-state index in [-0.39, 0.29) is 11.1 Å². The molecule has 0 atom stereocenters. The highest BCUT2D eigenvalue weighted by molar-refractivity contribution is 6.06. The fourth-order valence-electron chi connectivity index (χ4n) is 3.43. The Kier molecular flexibility index (Phi) is 5.78. The molecule has 1 N–H and O–H groups in total. The number of pyridine rings is 2. The lowest BCUT2D eigenvalue weighted by Crippen LogP contribution is -2.29. The maximum Gasteiger partial charge on any atom is 0.265 e. The number of nitrogens with zero attached hydrogens (tertiary/aromatic N) is 3. The summed E-state index contributed by atoms with van der Waals surface area (Å²) in [7, 11) is 0. The van der Waals surface area contributed by atoms with Crippen LogP contribution in [0.15, 0.2) is 47.4 Å². The quantitative estimate of drug-likeness (QED) is 0.708. The Balaban J connectivity index is 1.96. The first-order valence-electron chi connectivity index (χ1n) is 9.65. The van der Waals surface area contributed by atoms with Crippen LogP contribution in [0.25, 0.3) is 11.0 Å². The molecule has 6 heteroatoms. The summed E-state index contributed by atoms with van der Waals surface area (Å²) in [6.45, 7) is 10.3. The molecule has 0 saturated carbocycles. The van der Waals surface area contributed by atoms with Crippen molar-refractivity contribution < 1.29 is 4.79 Å². The molecule has 3 aromatic rings. The van der Waals surface area contributed by atoms with E-state index in [0.717, 1.165) is 29.7 Å². The highest BCUT2D eigenvalue weighted by atomic mass is 16.2. The number of amides is 1. The van der Waals surface area contributed by atoms with E-state index >= 15 is 0 Å². The molecule has 2 heterocycles. The van der Waals surface area contributed by atoms with Gasteiger partial charge in [-0.15, -0.1) is 0 Å². The number of nitrogens with one attached hydrogen (secondary N) is 1. The molecule has 28 heavy (non-hydrogen) atoms. The lowest BCUT2D eigenvalue weighted by Gasteiger charge is -2.22. The van der Waals surface area contributed by atoms with Crippen molar-refractivity contribution in [2.75, 3.05) is 23.3 Å². The van der Waals surface area contributed by atoms with Crippen LogP contribution in [0.2, 0.25) is 0 Å².